The topological polar surface area (TPSA) is 65.9 Å². The third kappa shape index (κ3) is 35.5. The molecule has 6 heteroatoms. The maximum absolute atomic E-state index is 12.0. The van der Waals surface area contributed by atoms with E-state index in [4.69, 9.17) is 14.9 Å². The molecule has 0 aromatic rings. The molecular formula is C41H79N3O3. The Hall–Kier alpha value is -1.66. The molecule has 0 fully saturated rings. The number of hydrogen-bond acceptors (Lipinski definition) is 6. The lowest BCUT2D eigenvalue weighted by Gasteiger charge is -2.25. The van der Waals surface area contributed by atoms with Crippen LogP contribution < -0.4 is 0 Å². The van der Waals surface area contributed by atoms with E-state index >= 15 is 0 Å². The summed E-state index contributed by atoms with van der Waals surface area (Å²) in [6.45, 7) is 8.86. The van der Waals surface area contributed by atoms with Gasteiger partial charge in [0.2, 0.25) is 0 Å². The summed E-state index contributed by atoms with van der Waals surface area (Å²) in [5, 5.41) is 8.07. The zero-order chi connectivity index (χ0) is 34.6. The Bertz CT molecular complexity index is 700. The molecule has 0 spiro atoms. The molecule has 0 aliphatic heterocycles. The third-order valence-electron chi connectivity index (χ3n) is 8.98. The Morgan fingerprint density at radius 2 is 1.09 bits per heavy atom. The zero-order valence-corrected chi connectivity index (χ0v) is 32.0. The summed E-state index contributed by atoms with van der Waals surface area (Å²) in [5.74, 6) is 1.15. The van der Waals surface area contributed by atoms with Crippen LogP contribution in [0.15, 0.2) is 24.3 Å². The van der Waals surface area contributed by atoms with E-state index in [1.807, 2.05) is 6.08 Å². The first-order valence-corrected chi connectivity index (χ1v) is 19.9. The number of hydrogen-bond donors (Lipinski definition) is 1. The van der Waals surface area contributed by atoms with Crippen molar-refractivity contribution in [2.24, 2.45) is 5.92 Å². The van der Waals surface area contributed by atoms with Gasteiger partial charge < -0.3 is 19.3 Å². The van der Waals surface area contributed by atoms with Crippen molar-refractivity contribution >= 4 is 11.9 Å². The molecule has 0 aliphatic carbocycles. The monoisotopic (exact) mass is 662 g/mol. The number of unbranched alkanes of at least 4 members (excludes halogenated alkanes) is 16. The van der Waals surface area contributed by atoms with Crippen LogP contribution in [0, 0.1) is 11.3 Å². The van der Waals surface area contributed by atoms with Crippen molar-refractivity contribution in [3.8, 4) is 0 Å². The van der Waals surface area contributed by atoms with Gasteiger partial charge in [0, 0.05) is 32.5 Å². The molecule has 1 atom stereocenters. The van der Waals surface area contributed by atoms with Gasteiger partial charge in [-0.15, -0.1) is 0 Å². The number of carbonyl (C=O) groups excluding carboxylic acids is 1. The lowest BCUT2D eigenvalue weighted by molar-refractivity contribution is -0.142. The Balaban J connectivity index is 4.05. The quantitative estimate of drug-likeness (QED) is 0.0241. The van der Waals surface area contributed by atoms with Gasteiger partial charge in [-0.1, -0.05) is 128 Å². The van der Waals surface area contributed by atoms with Crippen LogP contribution in [0.2, 0.25) is 0 Å². The third-order valence-corrected chi connectivity index (χ3v) is 8.98. The van der Waals surface area contributed by atoms with E-state index in [2.05, 4.69) is 63.0 Å². The highest BCUT2D eigenvalue weighted by Gasteiger charge is 2.12. The second kappa shape index (κ2) is 35.6. The second-order valence-corrected chi connectivity index (χ2v) is 14.1. The van der Waals surface area contributed by atoms with E-state index in [1.54, 1.807) is 0 Å². The van der Waals surface area contributed by atoms with Gasteiger partial charge in [-0.3, -0.25) is 10.2 Å². The summed E-state index contributed by atoms with van der Waals surface area (Å²) in [7, 11) is 6.58. The highest BCUT2D eigenvalue weighted by molar-refractivity contribution is 5.72. The fraction of sp³-hybridized carbons (Fsp3) is 0.854. The molecule has 276 valence electrons. The molecule has 0 saturated carbocycles. The van der Waals surface area contributed by atoms with Gasteiger partial charge in [-0.25, -0.2) is 0 Å². The molecule has 6 nitrogen and oxygen atoms in total. The summed E-state index contributed by atoms with van der Waals surface area (Å²) in [6, 6.07) is 0. The number of nitrogens with one attached hydrogen (secondary N) is 1. The molecule has 0 bridgehead atoms. The number of allylic oxidation sites excluding steroid dienone is 2. The van der Waals surface area contributed by atoms with Gasteiger partial charge in [0.1, 0.15) is 13.2 Å². The Morgan fingerprint density at radius 3 is 1.64 bits per heavy atom. The molecule has 0 aliphatic rings. The van der Waals surface area contributed by atoms with Crippen molar-refractivity contribution in [2.45, 2.75) is 168 Å². The first kappa shape index (κ1) is 45.3. The van der Waals surface area contributed by atoms with E-state index in [9.17, 15) is 4.79 Å². The Morgan fingerprint density at radius 1 is 0.596 bits per heavy atom. The number of ether oxygens (including phenoxy) is 2. The lowest BCUT2D eigenvalue weighted by atomic mass is 9.93. The Labute approximate surface area is 293 Å². The van der Waals surface area contributed by atoms with Gasteiger partial charge in [-0.05, 0) is 78.4 Å². The molecule has 0 aromatic carbocycles. The molecule has 0 aromatic heterocycles. The van der Waals surface area contributed by atoms with Gasteiger partial charge in [0.25, 0.3) is 0 Å². The average Bonchev–Trinajstić information content (AvgIpc) is 3.05. The molecule has 0 saturated heterocycles. The maximum Gasteiger partial charge on any atom is 0.306 e. The zero-order valence-electron chi connectivity index (χ0n) is 32.0. The fourth-order valence-electron chi connectivity index (χ4n) is 5.90. The van der Waals surface area contributed by atoms with Crippen molar-refractivity contribution in [1.82, 2.24) is 9.80 Å². The van der Waals surface area contributed by atoms with E-state index in [-0.39, 0.29) is 5.97 Å². The summed E-state index contributed by atoms with van der Waals surface area (Å²) in [5.41, 5.74) is 0. The minimum atomic E-state index is -0.0516. The highest BCUT2D eigenvalue weighted by atomic mass is 16.5. The smallest absolute Gasteiger partial charge is 0.306 e. The van der Waals surface area contributed by atoms with Crippen molar-refractivity contribution in [3.63, 3.8) is 0 Å². The summed E-state index contributed by atoms with van der Waals surface area (Å²) in [6.07, 6.45) is 36.8. The van der Waals surface area contributed by atoms with Crippen LogP contribution in [0.5, 0.6) is 0 Å². The summed E-state index contributed by atoms with van der Waals surface area (Å²) < 4.78 is 10.9. The van der Waals surface area contributed by atoms with Crippen molar-refractivity contribution in [1.29, 1.82) is 5.41 Å². The molecule has 0 heterocycles. The van der Waals surface area contributed by atoms with E-state index in [1.165, 1.54) is 116 Å². The number of carbonyl (C=O) groups is 1. The van der Waals surface area contributed by atoms with Crippen LogP contribution >= 0.6 is 0 Å². The highest BCUT2D eigenvalue weighted by Crippen LogP contribution is 2.20. The number of likely N-dealkylation sites (N-methyl/N-ethyl adjacent to an activating group) is 2. The summed E-state index contributed by atoms with van der Waals surface area (Å²) >= 11 is 0. The molecule has 0 unspecified atom stereocenters. The molecule has 0 rings (SSSR count). The van der Waals surface area contributed by atoms with Gasteiger partial charge in [0.15, 0.2) is 5.90 Å². The molecular weight excluding hydrogens is 582 g/mol. The van der Waals surface area contributed by atoms with Crippen molar-refractivity contribution in [2.75, 3.05) is 54.0 Å². The molecule has 0 radical (unpaired) electrons. The first-order valence-electron chi connectivity index (χ1n) is 19.9. The molecule has 1 N–H and O–H groups in total. The average molecular weight is 662 g/mol. The predicted molar refractivity (Wildman–Crippen MR) is 205 cm³/mol. The van der Waals surface area contributed by atoms with E-state index in [0.717, 1.165) is 57.5 Å². The second-order valence-electron chi connectivity index (χ2n) is 14.1. The van der Waals surface area contributed by atoms with Crippen LogP contribution in [-0.2, 0) is 14.3 Å². The number of esters is 1. The van der Waals surface area contributed by atoms with E-state index < -0.39 is 0 Å². The fourth-order valence-corrected chi connectivity index (χ4v) is 5.90. The molecule has 47 heavy (non-hydrogen) atoms. The Kier molecular flexibility index (Phi) is 34.4. The standard InChI is InChI=1S/C41H79N3O3/c1-6-8-10-12-14-22-28-36-46-40(42)32-26-20-16-18-24-30-39(38-44(5)35-34-43(3)4)31-25-19-17-21-27-33-41(45)47-37-29-23-15-13-11-9-7-2/h22-23,28-29,39,42H,6-21,24-27,30-38H2,1-5H3/b28-22+,29-23+,42-40?/t39-/m0/s1. The molecule has 0 amide bonds. The largest absolute Gasteiger partial charge is 0.477 e. The first-order chi connectivity index (χ1) is 22.9. The van der Waals surface area contributed by atoms with Crippen molar-refractivity contribution < 1.29 is 14.3 Å². The van der Waals surface area contributed by atoms with Crippen LogP contribution in [0.1, 0.15) is 168 Å². The minimum absolute atomic E-state index is 0.0516. The van der Waals surface area contributed by atoms with Crippen LogP contribution in [0.3, 0.4) is 0 Å². The van der Waals surface area contributed by atoms with Gasteiger partial charge in [0.05, 0.1) is 0 Å². The van der Waals surface area contributed by atoms with E-state index in [0.29, 0.717) is 25.5 Å². The van der Waals surface area contributed by atoms with Crippen molar-refractivity contribution in [3.05, 3.63) is 24.3 Å². The minimum Gasteiger partial charge on any atom is -0.477 e. The predicted octanol–water partition coefficient (Wildman–Crippen LogP) is 11.1. The number of rotatable bonds is 35. The summed E-state index contributed by atoms with van der Waals surface area (Å²) in [4.78, 5) is 16.8. The lowest BCUT2D eigenvalue weighted by Crippen LogP contribution is -2.32. The maximum atomic E-state index is 12.0. The van der Waals surface area contributed by atoms with Gasteiger partial charge in [-0.2, -0.15) is 0 Å². The van der Waals surface area contributed by atoms with Gasteiger partial charge >= 0.3 is 5.97 Å². The van der Waals surface area contributed by atoms with Crippen LogP contribution in [0.4, 0.5) is 0 Å². The van der Waals surface area contributed by atoms with Crippen LogP contribution in [-0.4, -0.2) is 75.7 Å². The normalized spacial score (nSPS) is 12.6. The van der Waals surface area contributed by atoms with Crippen LogP contribution in [0.25, 0.3) is 0 Å². The number of nitrogens with zero attached hydrogens (tertiary/aromatic N) is 2. The SMILES string of the molecule is CCCCCC/C=C/COC(=N)CCCCCCC[C@@H](CCCCCCCC(=O)OC/C=C/CCCCCC)CN(C)CCN(C)C.